The molecule has 0 atom stereocenters. The summed E-state index contributed by atoms with van der Waals surface area (Å²) in [5.74, 6) is 5.26. The molecule has 1 aliphatic heterocycles. The van der Waals surface area contributed by atoms with E-state index in [1.165, 1.54) is 0 Å². The Morgan fingerprint density at radius 2 is 2.29 bits per heavy atom. The molecule has 0 aliphatic carbocycles. The zero-order valence-corrected chi connectivity index (χ0v) is 9.84. The van der Waals surface area contributed by atoms with Crippen molar-refractivity contribution in [3.8, 4) is 17.6 Å². The summed E-state index contributed by atoms with van der Waals surface area (Å²) in [6.45, 7) is 1.76. The molecular weight excluding hydrogens is 240 g/mol. The fraction of sp³-hybridized carbons (Fsp3) is 0.154. The summed E-state index contributed by atoms with van der Waals surface area (Å²) in [6.07, 6.45) is 1.56. The first-order chi connectivity index (χ1) is 8.11. The van der Waals surface area contributed by atoms with Crippen molar-refractivity contribution < 1.29 is 14.6 Å². The maximum Gasteiger partial charge on any atom is 0.335 e. The third-order valence-electron chi connectivity index (χ3n) is 2.32. The fourth-order valence-electron chi connectivity index (χ4n) is 1.61. The standard InChI is InChI=1S/C13H9ClO3/c1-2-3-8-5-11(14)6-9-4-10(13(15)16)7-17-12(8)9/h4-6H,7H2,1H3,(H,15,16). The lowest BCUT2D eigenvalue weighted by Crippen LogP contribution is -2.14. The van der Waals surface area contributed by atoms with Crippen molar-refractivity contribution >= 4 is 23.6 Å². The van der Waals surface area contributed by atoms with Crippen molar-refractivity contribution in [2.24, 2.45) is 0 Å². The van der Waals surface area contributed by atoms with Crippen LogP contribution in [0.25, 0.3) is 6.08 Å². The summed E-state index contributed by atoms with van der Waals surface area (Å²) in [4.78, 5) is 10.9. The molecule has 1 aliphatic rings. The number of carboxylic acid groups (broad SMARTS) is 1. The van der Waals surface area contributed by atoms with Crippen LogP contribution in [0.4, 0.5) is 0 Å². The Labute approximate surface area is 104 Å². The van der Waals surface area contributed by atoms with Crippen molar-refractivity contribution in [2.75, 3.05) is 6.61 Å². The molecule has 17 heavy (non-hydrogen) atoms. The van der Waals surface area contributed by atoms with Gasteiger partial charge in [0.25, 0.3) is 0 Å². The lowest BCUT2D eigenvalue weighted by Gasteiger charge is -2.17. The lowest BCUT2D eigenvalue weighted by atomic mass is 10.0. The van der Waals surface area contributed by atoms with Gasteiger partial charge in [-0.25, -0.2) is 4.79 Å². The summed E-state index contributed by atoms with van der Waals surface area (Å²) >= 11 is 5.94. The first kappa shape index (κ1) is 11.6. The summed E-state index contributed by atoms with van der Waals surface area (Å²) in [5.41, 5.74) is 1.53. The topological polar surface area (TPSA) is 46.5 Å². The van der Waals surface area contributed by atoms with Crippen LogP contribution >= 0.6 is 11.6 Å². The molecule has 0 saturated carbocycles. The van der Waals surface area contributed by atoms with Crippen LogP contribution in [-0.4, -0.2) is 17.7 Å². The van der Waals surface area contributed by atoms with Crippen molar-refractivity contribution in [3.05, 3.63) is 33.9 Å². The molecule has 1 aromatic rings. The second-order valence-electron chi connectivity index (χ2n) is 3.51. The van der Waals surface area contributed by atoms with Gasteiger partial charge in [0.2, 0.25) is 0 Å². The van der Waals surface area contributed by atoms with E-state index in [-0.39, 0.29) is 12.2 Å². The first-order valence-corrected chi connectivity index (χ1v) is 5.32. The molecule has 3 nitrogen and oxygen atoms in total. The molecule has 86 valence electrons. The van der Waals surface area contributed by atoms with Gasteiger partial charge in [-0.05, 0) is 25.1 Å². The molecule has 0 bridgehead atoms. The number of aliphatic carboxylic acids is 1. The Morgan fingerprint density at radius 3 is 2.94 bits per heavy atom. The van der Waals surface area contributed by atoms with Gasteiger partial charge in [-0.2, -0.15) is 0 Å². The third kappa shape index (κ3) is 2.27. The normalized spacial score (nSPS) is 12.7. The van der Waals surface area contributed by atoms with Gasteiger partial charge in [-0.15, -0.1) is 5.92 Å². The molecule has 1 heterocycles. The van der Waals surface area contributed by atoms with Crippen LogP contribution in [-0.2, 0) is 4.79 Å². The molecule has 0 aromatic heterocycles. The number of ether oxygens (including phenoxy) is 1. The zero-order chi connectivity index (χ0) is 12.4. The van der Waals surface area contributed by atoms with Gasteiger partial charge in [0.05, 0.1) is 11.1 Å². The minimum Gasteiger partial charge on any atom is -0.487 e. The largest absolute Gasteiger partial charge is 0.487 e. The van der Waals surface area contributed by atoms with Crippen LogP contribution in [0.15, 0.2) is 17.7 Å². The van der Waals surface area contributed by atoms with E-state index in [1.54, 1.807) is 25.1 Å². The Kier molecular flexibility index (Phi) is 3.08. The Balaban J connectivity index is 2.59. The van der Waals surface area contributed by atoms with Crippen LogP contribution in [0.5, 0.6) is 5.75 Å². The van der Waals surface area contributed by atoms with E-state index >= 15 is 0 Å². The number of benzene rings is 1. The quantitative estimate of drug-likeness (QED) is 0.777. The van der Waals surface area contributed by atoms with Gasteiger partial charge in [0.15, 0.2) is 0 Å². The summed E-state index contributed by atoms with van der Waals surface area (Å²) in [5, 5.41) is 9.40. The van der Waals surface area contributed by atoms with Crippen molar-refractivity contribution in [3.63, 3.8) is 0 Å². The highest BCUT2D eigenvalue weighted by Crippen LogP contribution is 2.32. The predicted octanol–water partition coefficient (Wildman–Crippen LogP) is 2.57. The smallest absolute Gasteiger partial charge is 0.335 e. The third-order valence-corrected chi connectivity index (χ3v) is 2.54. The van der Waals surface area contributed by atoms with Gasteiger partial charge < -0.3 is 9.84 Å². The van der Waals surface area contributed by atoms with E-state index in [1.807, 2.05) is 0 Å². The summed E-state index contributed by atoms with van der Waals surface area (Å²) in [7, 11) is 0. The number of fused-ring (bicyclic) bond motifs is 1. The highest BCUT2D eigenvalue weighted by molar-refractivity contribution is 6.31. The maximum atomic E-state index is 10.9. The molecule has 2 rings (SSSR count). The van der Waals surface area contributed by atoms with Gasteiger partial charge in [0, 0.05) is 10.6 Å². The van der Waals surface area contributed by atoms with Gasteiger partial charge >= 0.3 is 5.97 Å². The molecule has 0 saturated heterocycles. The highest BCUT2D eigenvalue weighted by atomic mass is 35.5. The molecular formula is C13H9ClO3. The van der Waals surface area contributed by atoms with Gasteiger partial charge in [-0.1, -0.05) is 17.5 Å². The molecule has 4 heteroatoms. The number of hydrogen-bond acceptors (Lipinski definition) is 2. The molecule has 0 radical (unpaired) electrons. The minimum absolute atomic E-state index is 0.0440. The van der Waals surface area contributed by atoms with Crippen LogP contribution in [0.3, 0.4) is 0 Å². The summed E-state index contributed by atoms with van der Waals surface area (Å²) < 4.78 is 5.43. The Morgan fingerprint density at radius 1 is 1.53 bits per heavy atom. The lowest BCUT2D eigenvalue weighted by molar-refractivity contribution is -0.132. The van der Waals surface area contributed by atoms with Gasteiger partial charge in [0.1, 0.15) is 12.4 Å². The Bertz CT molecular complexity index is 576. The highest BCUT2D eigenvalue weighted by Gasteiger charge is 2.19. The first-order valence-electron chi connectivity index (χ1n) is 4.95. The monoisotopic (exact) mass is 248 g/mol. The molecule has 0 amide bonds. The van der Waals surface area contributed by atoms with Crippen molar-refractivity contribution in [1.29, 1.82) is 0 Å². The SMILES string of the molecule is CC#Cc1cc(Cl)cc2c1OCC(C(=O)O)=C2. The van der Waals surface area contributed by atoms with Crippen molar-refractivity contribution in [2.45, 2.75) is 6.92 Å². The fourth-order valence-corrected chi connectivity index (χ4v) is 1.84. The van der Waals surface area contributed by atoms with E-state index in [2.05, 4.69) is 11.8 Å². The maximum absolute atomic E-state index is 10.9. The van der Waals surface area contributed by atoms with E-state index in [0.717, 1.165) is 0 Å². The van der Waals surface area contributed by atoms with Crippen molar-refractivity contribution in [1.82, 2.24) is 0 Å². The predicted molar refractivity (Wildman–Crippen MR) is 65.1 cm³/mol. The molecule has 1 N–H and O–H groups in total. The minimum atomic E-state index is -0.987. The van der Waals surface area contributed by atoms with Gasteiger partial charge in [-0.3, -0.25) is 0 Å². The van der Waals surface area contributed by atoms with Crippen LogP contribution in [0, 0.1) is 11.8 Å². The number of halogens is 1. The van der Waals surface area contributed by atoms with Crippen LogP contribution in [0.2, 0.25) is 5.02 Å². The Hall–Kier alpha value is -1.92. The number of carbonyl (C=O) groups is 1. The number of hydrogen-bond donors (Lipinski definition) is 1. The number of carboxylic acids is 1. The van der Waals surface area contributed by atoms with E-state index in [0.29, 0.717) is 21.9 Å². The molecule has 0 unspecified atom stereocenters. The second-order valence-corrected chi connectivity index (χ2v) is 3.95. The number of rotatable bonds is 1. The average molecular weight is 249 g/mol. The van der Waals surface area contributed by atoms with E-state index in [9.17, 15) is 4.79 Å². The average Bonchev–Trinajstić information content (AvgIpc) is 2.28. The second kappa shape index (κ2) is 4.52. The van der Waals surface area contributed by atoms with E-state index < -0.39 is 5.97 Å². The summed E-state index contributed by atoms with van der Waals surface area (Å²) in [6, 6.07) is 3.37. The van der Waals surface area contributed by atoms with Crippen LogP contribution < -0.4 is 4.74 Å². The molecule has 0 spiro atoms. The van der Waals surface area contributed by atoms with Crippen LogP contribution in [0.1, 0.15) is 18.1 Å². The molecule has 0 fully saturated rings. The zero-order valence-electron chi connectivity index (χ0n) is 9.08. The molecule has 1 aromatic carbocycles. The van der Waals surface area contributed by atoms with E-state index in [4.69, 9.17) is 21.4 Å².